The van der Waals surface area contributed by atoms with Crippen LogP contribution < -0.4 is 10.0 Å². The molecule has 0 bridgehead atoms. The van der Waals surface area contributed by atoms with Gasteiger partial charge in [0.1, 0.15) is 0 Å². The molecule has 1 heterocycles. The number of likely N-dealkylation sites (tertiary alicyclic amines) is 1. The topological polar surface area (TPSA) is 78.5 Å². The van der Waals surface area contributed by atoms with E-state index >= 15 is 0 Å². The Morgan fingerprint density at radius 1 is 1.23 bits per heavy atom. The number of hydrogen-bond donors (Lipinski definition) is 2. The fraction of sp³-hybridized carbons (Fsp3) is 0.632. The number of rotatable bonds is 8. The zero-order valence-corrected chi connectivity index (χ0v) is 16.8. The van der Waals surface area contributed by atoms with Crippen molar-refractivity contribution in [3.63, 3.8) is 0 Å². The van der Waals surface area contributed by atoms with E-state index < -0.39 is 10.0 Å². The molecule has 1 aliphatic heterocycles. The molecule has 1 aliphatic rings. The second-order valence-corrected chi connectivity index (χ2v) is 8.80. The lowest BCUT2D eigenvalue weighted by Gasteiger charge is -2.32. The number of sulfonamides is 1. The van der Waals surface area contributed by atoms with Gasteiger partial charge in [0, 0.05) is 24.7 Å². The summed E-state index contributed by atoms with van der Waals surface area (Å²) in [6.07, 6.45) is 3.92. The van der Waals surface area contributed by atoms with Crippen LogP contribution in [0.15, 0.2) is 29.2 Å². The maximum atomic E-state index is 12.7. The summed E-state index contributed by atoms with van der Waals surface area (Å²) < 4.78 is 27.2. The second-order valence-electron chi connectivity index (χ2n) is 7.08. The number of carbonyl (C=O) groups excluding carboxylic acids is 1. The molecule has 1 amide bonds. The molecule has 0 saturated carbocycles. The summed E-state index contributed by atoms with van der Waals surface area (Å²) in [4.78, 5) is 14.7. The summed E-state index contributed by atoms with van der Waals surface area (Å²) in [5.74, 6) is 0.654. The van der Waals surface area contributed by atoms with Crippen LogP contribution in [-0.4, -0.2) is 51.9 Å². The van der Waals surface area contributed by atoms with Gasteiger partial charge >= 0.3 is 0 Å². The lowest BCUT2D eigenvalue weighted by molar-refractivity contribution is 0.0687. The monoisotopic (exact) mass is 381 g/mol. The number of piperidine rings is 1. The molecular weight excluding hydrogens is 350 g/mol. The van der Waals surface area contributed by atoms with Crippen molar-refractivity contribution >= 4 is 15.9 Å². The Morgan fingerprint density at radius 2 is 1.85 bits per heavy atom. The van der Waals surface area contributed by atoms with Gasteiger partial charge in [-0.05, 0) is 76.4 Å². The van der Waals surface area contributed by atoms with E-state index in [4.69, 9.17) is 0 Å². The third-order valence-corrected chi connectivity index (χ3v) is 6.69. The summed E-state index contributed by atoms with van der Waals surface area (Å²) in [6, 6.07) is 6.13. The maximum absolute atomic E-state index is 12.7. The van der Waals surface area contributed by atoms with Crippen molar-refractivity contribution in [2.24, 2.45) is 5.92 Å². The van der Waals surface area contributed by atoms with Crippen molar-refractivity contribution in [3.8, 4) is 0 Å². The van der Waals surface area contributed by atoms with Crippen LogP contribution in [0.2, 0.25) is 0 Å². The first kappa shape index (κ1) is 20.9. The third kappa shape index (κ3) is 5.53. The van der Waals surface area contributed by atoms with Gasteiger partial charge in [0.2, 0.25) is 10.0 Å². The average Bonchev–Trinajstić information content (AvgIpc) is 2.66. The van der Waals surface area contributed by atoms with Gasteiger partial charge in [0.25, 0.3) is 5.91 Å². The molecular formula is C19H31N3O3S. The fourth-order valence-electron chi connectivity index (χ4n) is 3.15. The highest BCUT2D eigenvalue weighted by Gasteiger charge is 2.24. The zero-order valence-electron chi connectivity index (χ0n) is 16.0. The van der Waals surface area contributed by atoms with Crippen molar-refractivity contribution in [1.29, 1.82) is 0 Å². The summed E-state index contributed by atoms with van der Waals surface area (Å²) in [7, 11) is -1.58. The quantitative estimate of drug-likeness (QED) is 0.724. The Bertz CT molecular complexity index is 680. The molecule has 2 N–H and O–H groups in total. The average molecular weight is 382 g/mol. The van der Waals surface area contributed by atoms with Crippen LogP contribution in [0.4, 0.5) is 0 Å². The molecule has 1 unspecified atom stereocenters. The van der Waals surface area contributed by atoms with E-state index in [1.165, 1.54) is 12.1 Å². The number of amides is 1. The fourth-order valence-corrected chi connectivity index (χ4v) is 4.48. The lowest BCUT2D eigenvalue weighted by atomic mass is 9.93. The van der Waals surface area contributed by atoms with Crippen molar-refractivity contribution in [3.05, 3.63) is 29.8 Å². The van der Waals surface area contributed by atoms with Crippen LogP contribution in [0.3, 0.4) is 0 Å². The summed E-state index contributed by atoms with van der Waals surface area (Å²) in [5.41, 5.74) is 0.543. The molecule has 6 nitrogen and oxygen atoms in total. The van der Waals surface area contributed by atoms with E-state index in [0.29, 0.717) is 11.5 Å². The van der Waals surface area contributed by atoms with Crippen LogP contribution >= 0.6 is 0 Å². The highest BCUT2D eigenvalue weighted by molar-refractivity contribution is 7.89. The highest BCUT2D eigenvalue weighted by Crippen LogP contribution is 2.22. The summed E-state index contributed by atoms with van der Waals surface area (Å²) in [6.45, 7) is 6.30. The minimum Gasteiger partial charge on any atom is -0.339 e. The minimum atomic E-state index is -3.54. The van der Waals surface area contributed by atoms with E-state index in [2.05, 4.69) is 10.0 Å². The predicted molar refractivity (Wildman–Crippen MR) is 104 cm³/mol. The first-order chi connectivity index (χ1) is 12.4. The molecule has 0 radical (unpaired) electrons. The Morgan fingerprint density at radius 3 is 2.38 bits per heavy atom. The van der Waals surface area contributed by atoms with E-state index in [1.54, 1.807) is 12.1 Å². The molecule has 1 atom stereocenters. The molecule has 26 heavy (non-hydrogen) atoms. The van der Waals surface area contributed by atoms with Crippen molar-refractivity contribution in [2.75, 3.05) is 26.7 Å². The molecule has 1 fully saturated rings. The highest BCUT2D eigenvalue weighted by atomic mass is 32.2. The van der Waals surface area contributed by atoms with E-state index in [-0.39, 0.29) is 16.8 Å². The minimum absolute atomic E-state index is 0.0177. The van der Waals surface area contributed by atoms with E-state index in [9.17, 15) is 13.2 Å². The second kappa shape index (κ2) is 9.48. The Hall–Kier alpha value is -1.44. The molecule has 146 valence electrons. The number of nitrogens with zero attached hydrogens (tertiary/aromatic N) is 1. The largest absolute Gasteiger partial charge is 0.339 e. The van der Waals surface area contributed by atoms with Crippen LogP contribution in [0.25, 0.3) is 0 Å². The van der Waals surface area contributed by atoms with Gasteiger partial charge in [-0.25, -0.2) is 13.1 Å². The van der Waals surface area contributed by atoms with Gasteiger partial charge in [-0.15, -0.1) is 0 Å². The van der Waals surface area contributed by atoms with E-state index in [1.807, 2.05) is 25.8 Å². The number of hydrogen-bond acceptors (Lipinski definition) is 4. The molecule has 0 spiro atoms. The molecule has 1 aromatic rings. The first-order valence-electron chi connectivity index (χ1n) is 9.43. The molecule has 7 heteroatoms. The van der Waals surface area contributed by atoms with Gasteiger partial charge < -0.3 is 10.2 Å². The predicted octanol–water partition coefficient (Wildman–Crippen LogP) is 2.23. The van der Waals surface area contributed by atoms with Gasteiger partial charge in [0.15, 0.2) is 0 Å². The normalized spacial score (nSPS) is 17.3. The smallest absolute Gasteiger partial charge is 0.253 e. The molecule has 0 aliphatic carbocycles. The van der Waals surface area contributed by atoms with Crippen LogP contribution in [0.5, 0.6) is 0 Å². The van der Waals surface area contributed by atoms with E-state index in [0.717, 1.165) is 45.3 Å². The zero-order chi connectivity index (χ0) is 19.2. The number of carbonyl (C=O) groups is 1. The van der Waals surface area contributed by atoms with Gasteiger partial charge in [-0.2, -0.15) is 0 Å². The molecule has 2 rings (SSSR count). The van der Waals surface area contributed by atoms with Crippen LogP contribution in [-0.2, 0) is 10.0 Å². The third-order valence-electron chi connectivity index (χ3n) is 5.08. The van der Waals surface area contributed by atoms with Crippen molar-refractivity contribution in [1.82, 2.24) is 14.9 Å². The summed E-state index contributed by atoms with van der Waals surface area (Å²) in [5, 5.41) is 3.17. The Labute approximate surface area is 157 Å². The van der Waals surface area contributed by atoms with Crippen LogP contribution in [0, 0.1) is 5.92 Å². The standard InChI is InChI=1S/C19H31N3O3S/c1-4-15(2)21-26(24,25)18-7-5-17(6-8-18)19(23)22-13-10-16(11-14-22)9-12-20-3/h5-8,15-16,20-21H,4,9-14H2,1-3H3. The van der Waals surface area contributed by atoms with Gasteiger partial charge in [-0.1, -0.05) is 6.92 Å². The number of nitrogens with one attached hydrogen (secondary N) is 2. The molecule has 1 aromatic carbocycles. The Balaban J connectivity index is 1.97. The lowest BCUT2D eigenvalue weighted by Crippen LogP contribution is -2.39. The number of benzene rings is 1. The molecule has 0 aromatic heterocycles. The van der Waals surface area contributed by atoms with Gasteiger partial charge in [-0.3, -0.25) is 4.79 Å². The molecule has 1 saturated heterocycles. The van der Waals surface area contributed by atoms with Crippen LogP contribution in [0.1, 0.15) is 49.9 Å². The SMILES string of the molecule is CCC(C)NS(=O)(=O)c1ccc(C(=O)N2CCC(CCNC)CC2)cc1. The summed E-state index contributed by atoms with van der Waals surface area (Å²) >= 11 is 0. The van der Waals surface area contributed by atoms with Crippen molar-refractivity contribution in [2.45, 2.75) is 50.5 Å². The first-order valence-corrected chi connectivity index (χ1v) is 10.9. The maximum Gasteiger partial charge on any atom is 0.253 e. The Kier molecular flexibility index (Phi) is 7.61. The van der Waals surface area contributed by atoms with Crippen molar-refractivity contribution < 1.29 is 13.2 Å². The van der Waals surface area contributed by atoms with Gasteiger partial charge in [0.05, 0.1) is 4.90 Å².